The molecule has 1 fully saturated rings. The van der Waals surface area contributed by atoms with Gasteiger partial charge in [0.1, 0.15) is 11.5 Å². The van der Waals surface area contributed by atoms with Crippen molar-refractivity contribution in [3.63, 3.8) is 0 Å². The van der Waals surface area contributed by atoms with Crippen molar-refractivity contribution in [3.05, 3.63) is 23.8 Å². The Balaban J connectivity index is 2.21. The maximum absolute atomic E-state index is 5.90. The van der Waals surface area contributed by atoms with Gasteiger partial charge in [0.25, 0.3) is 0 Å². The van der Waals surface area contributed by atoms with Crippen LogP contribution in [0, 0.1) is 5.92 Å². The Kier molecular flexibility index (Phi) is 3.06. The van der Waals surface area contributed by atoms with Gasteiger partial charge in [-0.3, -0.25) is 0 Å². The fourth-order valence-electron chi connectivity index (χ4n) is 2.22. The summed E-state index contributed by atoms with van der Waals surface area (Å²) in [5, 5.41) is 0. The molecule has 0 heterocycles. The largest absolute Gasteiger partial charge is 0.497 e. The van der Waals surface area contributed by atoms with Crippen LogP contribution in [0.15, 0.2) is 18.2 Å². The summed E-state index contributed by atoms with van der Waals surface area (Å²) in [5.41, 5.74) is 7.18. The van der Waals surface area contributed by atoms with E-state index in [-0.39, 0.29) is 6.04 Å². The number of methoxy groups -OCH3 is 2. The van der Waals surface area contributed by atoms with Crippen molar-refractivity contribution in [1.29, 1.82) is 0 Å². The summed E-state index contributed by atoms with van der Waals surface area (Å²) < 4.78 is 10.5. The Morgan fingerprint density at radius 3 is 2.12 bits per heavy atom. The minimum Gasteiger partial charge on any atom is -0.497 e. The standard InChI is InChI=1S/C13H19NO2/c1-8(14)12-7-13(12)9-4-10(15-2)6-11(5-9)16-3/h4-6,8,12-13H,7,14H2,1-3H3/t8-,12-,13-/m0/s1. The molecule has 2 rings (SSSR count). The lowest BCUT2D eigenvalue weighted by Gasteiger charge is -2.09. The summed E-state index contributed by atoms with van der Waals surface area (Å²) in [6, 6.07) is 6.32. The average molecular weight is 221 g/mol. The second kappa shape index (κ2) is 4.34. The van der Waals surface area contributed by atoms with E-state index in [2.05, 4.69) is 19.1 Å². The van der Waals surface area contributed by atoms with Crippen molar-refractivity contribution in [1.82, 2.24) is 0 Å². The Labute approximate surface area is 96.5 Å². The van der Waals surface area contributed by atoms with Gasteiger partial charge in [0.05, 0.1) is 14.2 Å². The third-order valence-electron chi connectivity index (χ3n) is 3.32. The molecule has 0 unspecified atom stereocenters. The number of hydrogen-bond acceptors (Lipinski definition) is 3. The molecule has 16 heavy (non-hydrogen) atoms. The summed E-state index contributed by atoms with van der Waals surface area (Å²) in [6.45, 7) is 2.07. The maximum Gasteiger partial charge on any atom is 0.122 e. The Morgan fingerprint density at radius 1 is 1.19 bits per heavy atom. The van der Waals surface area contributed by atoms with Crippen molar-refractivity contribution in [2.24, 2.45) is 11.7 Å². The van der Waals surface area contributed by atoms with Gasteiger partial charge in [-0.25, -0.2) is 0 Å². The van der Waals surface area contributed by atoms with E-state index in [1.54, 1.807) is 14.2 Å². The van der Waals surface area contributed by atoms with Crippen LogP contribution in [0.4, 0.5) is 0 Å². The zero-order valence-corrected chi connectivity index (χ0v) is 10.1. The molecule has 88 valence electrons. The second-order valence-corrected chi connectivity index (χ2v) is 4.51. The maximum atomic E-state index is 5.90. The molecule has 3 nitrogen and oxygen atoms in total. The van der Waals surface area contributed by atoms with E-state index in [9.17, 15) is 0 Å². The van der Waals surface area contributed by atoms with Crippen molar-refractivity contribution in [2.75, 3.05) is 14.2 Å². The minimum absolute atomic E-state index is 0.266. The lowest BCUT2D eigenvalue weighted by molar-refractivity contribution is 0.393. The number of hydrogen-bond donors (Lipinski definition) is 1. The molecule has 1 aromatic rings. The van der Waals surface area contributed by atoms with E-state index < -0.39 is 0 Å². The molecule has 1 aromatic carbocycles. The first-order chi connectivity index (χ1) is 7.65. The lowest BCUT2D eigenvalue weighted by Crippen LogP contribution is -2.17. The number of benzene rings is 1. The molecule has 1 aliphatic carbocycles. The van der Waals surface area contributed by atoms with Crippen LogP contribution in [0.25, 0.3) is 0 Å². The van der Waals surface area contributed by atoms with Gasteiger partial charge < -0.3 is 15.2 Å². The van der Waals surface area contributed by atoms with Crippen LogP contribution < -0.4 is 15.2 Å². The molecular formula is C13H19NO2. The molecule has 0 amide bonds. The summed E-state index contributed by atoms with van der Waals surface area (Å²) in [4.78, 5) is 0. The highest BCUT2D eigenvalue weighted by Crippen LogP contribution is 2.50. The van der Waals surface area contributed by atoms with Crippen LogP contribution in [0.1, 0.15) is 24.8 Å². The third-order valence-corrected chi connectivity index (χ3v) is 3.32. The summed E-state index contributed by atoms with van der Waals surface area (Å²) in [5.74, 6) is 2.88. The molecule has 3 atom stereocenters. The zero-order valence-electron chi connectivity index (χ0n) is 10.1. The molecule has 0 aliphatic heterocycles. The molecule has 0 bridgehead atoms. The third kappa shape index (κ3) is 2.14. The van der Waals surface area contributed by atoms with Crippen LogP contribution in [-0.4, -0.2) is 20.3 Å². The van der Waals surface area contributed by atoms with E-state index in [1.807, 2.05) is 6.07 Å². The highest BCUT2D eigenvalue weighted by Gasteiger charge is 2.41. The number of ether oxygens (including phenoxy) is 2. The first-order valence-corrected chi connectivity index (χ1v) is 5.64. The van der Waals surface area contributed by atoms with E-state index in [1.165, 1.54) is 12.0 Å². The highest BCUT2D eigenvalue weighted by molar-refractivity contribution is 5.42. The monoisotopic (exact) mass is 221 g/mol. The SMILES string of the molecule is COc1cc(OC)cc([C@@H]2C[C@H]2[C@H](C)N)c1. The molecular weight excluding hydrogens is 202 g/mol. The zero-order chi connectivity index (χ0) is 11.7. The molecule has 2 N–H and O–H groups in total. The quantitative estimate of drug-likeness (QED) is 0.847. The summed E-state index contributed by atoms with van der Waals surface area (Å²) in [6.07, 6.45) is 1.17. The fraction of sp³-hybridized carbons (Fsp3) is 0.538. The Morgan fingerprint density at radius 2 is 1.75 bits per heavy atom. The van der Waals surface area contributed by atoms with Crippen LogP contribution in [0.3, 0.4) is 0 Å². The van der Waals surface area contributed by atoms with E-state index in [0.717, 1.165) is 11.5 Å². The predicted molar refractivity (Wildman–Crippen MR) is 64.0 cm³/mol. The van der Waals surface area contributed by atoms with Crippen molar-refractivity contribution < 1.29 is 9.47 Å². The molecule has 0 saturated heterocycles. The van der Waals surface area contributed by atoms with Crippen LogP contribution >= 0.6 is 0 Å². The van der Waals surface area contributed by atoms with Crippen LogP contribution in [0.5, 0.6) is 11.5 Å². The van der Waals surface area contributed by atoms with Crippen LogP contribution in [-0.2, 0) is 0 Å². The van der Waals surface area contributed by atoms with Gasteiger partial charge in [0.2, 0.25) is 0 Å². The average Bonchev–Trinajstić information content (AvgIpc) is 3.08. The topological polar surface area (TPSA) is 44.5 Å². The van der Waals surface area contributed by atoms with Crippen molar-refractivity contribution in [3.8, 4) is 11.5 Å². The second-order valence-electron chi connectivity index (χ2n) is 4.51. The summed E-state index contributed by atoms with van der Waals surface area (Å²) >= 11 is 0. The smallest absolute Gasteiger partial charge is 0.122 e. The molecule has 0 aromatic heterocycles. The van der Waals surface area contributed by atoms with Gasteiger partial charge in [0, 0.05) is 12.1 Å². The van der Waals surface area contributed by atoms with Gasteiger partial charge in [-0.15, -0.1) is 0 Å². The van der Waals surface area contributed by atoms with Gasteiger partial charge in [0.15, 0.2) is 0 Å². The van der Waals surface area contributed by atoms with E-state index in [0.29, 0.717) is 11.8 Å². The van der Waals surface area contributed by atoms with Gasteiger partial charge in [-0.05, 0) is 42.9 Å². The predicted octanol–water partition coefficient (Wildman–Crippen LogP) is 2.15. The Hall–Kier alpha value is -1.22. The number of rotatable bonds is 4. The normalized spacial score (nSPS) is 25.0. The minimum atomic E-state index is 0.266. The van der Waals surface area contributed by atoms with E-state index in [4.69, 9.17) is 15.2 Å². The summed E-state index contributed by atoms with van der Waals surface area (Å²) in [7, 11) is 3.35. The van der Waals surface area contributed by atoms with E-state index >= 15 is 0 Å². The van der Waals surface area contributed by atoms with Gasteiger partial charge >= 0.3 is 0 Å². The van der Waals surface area contributed by atoms with Crippen molar-refractivity contribution >= 4 is 0 Å². The first-order valence-electron chi connectivity index (χ1n) is 5.64. The molecule has 3 heteroatoms. The van der Waals surface area contributed by atoms with Gasteiger partial charge in [-0.2, -0.15) is 0 Å². The molecule has 0 spiro atoms. The first kappa shape index (κ1) is 11.3. The fourth-order valence-corrected chi connectivity index (χ4v) is 2.22. The highest BCUT2D eigenvalue weighted by atomic mass is 16.5. The van der Waals surface area contributed by atoms with Crippen molar-refractivity contribution in [2.45, 2.75) is 25.3 Å². The molecule has 0 radical (unpaired) electrons. The van der Waals surface area contributed by atoms with Gasteiger partial charge in [-0.1, -0.05) is 0 Å². The Bertz CT molecular complexity index is 354. The van der Waals surface area contributed by atoms with Crippen LogP contribution in [0.2, 0.25) is 0 Å². The molecule has 1 saturated carbocycles. The number of nitrogens with two attached hydrogens (primary N) is 1. The molecule has 1 aliphatic rings. The lowest BCUT2D eigenvalue weighted by atomic mass is 10.1.